The van der Waals surface area contributed by atoms with Crippen molar-refractivity contribution in [2.24, 2.45) is 5.73 Å². The number of hydrogen-bond donors (Lipinski definition) is 2. The van der Waals surface area contributed by atoms with Crippen molar-refractivity contribution in [3.05, 3.63) is 59.9 Å². The molecule has 152 valence electrons. The van der Waals surface area contributed by atoms with E-state index < -0.39 is 5.54 Å². The highest BCUT2D eigenvalue weighted by Gasteiger charge is 2.36. The van der Waals surface area contributed by atoms with Gasteiger partial charge in [-0.25, -0.2) is 0 Å². The summed E-state index contributed by atoms with van der Waals surface area (Å²) in [4.78, 5) is 17.2. The second-order valence-electron chi connectivity index (χ2n) is 7.01. The van der Waals surface area contributed by atoms with E-state index in [4.69, 9.17) is 15.0 Å². The van der Waals surface area contributed by atoms with E-state index in [1.165, 1.54) is 0 Å². The van der Waals surface area contributed by atoms with Crippen LogP contribution in [0.15, 0.2) is 53.1 Å². The zero-order valence-corrected chi connectivity index (χ0v) is 16.9. The maximum Gasteiger partial charge on any atom is 0.260 e. The number of carbonyl (C=O) groups is 1. The van der Waals surface area contributed by atoms with Crippen LogP contribution in [0.3, 0.4) is 0 Å². The minimum atomic E-state index is -0.525. The fourth-order valence-electron chi connectivity index (χ4n) is 3.48. The van der Waals surface area contributed by atoms with Gasteiger partial charge in [0.1, 0.15) is 5.75 Å². The number of para-hydroxylation sites is 1. The van der Waals surface area contributed by atoms with E-state index in [0.29, 0.717) is 34.3 Å². The topological polar surface area (TPSA) is 103 Å². The van der Waals surface area contributed by atoms with Gasteiger partial charge in [0.05, 0.1) is 23.9 Å². The zero-order chi connectivity index (χ0) is 19.6. The van der Waals surface area contributed by atoms with Crippen LogP contribution < -0.4 is 15.8 Å². The molecule has 3 aromatic rings. The van der Waals surface area contributed by atoms with E-state index in [1.807, 2.05) is 18.2 Å². The predicted molar refractivity (Wildman–Crippen MR) is 112 cm³/mol. The summed E-state index contributed by atoms with van der Waals surface area (Å²) < 4.78 is 10.6. The van der Waals surface area contributed by atoms with Gasteiger partial charge < -0.3 is 20.3 Å². The Morgan fingerprint density at radius 1 is 1.14 bits per heavy atom. The fraction of sp³-hybridized carbons (Fsp3) is 0.286. The molecule has 1 aromatic heterocycles. The average Bonchev–Trinajstić information content (AvgIpc) is 3.39. The number of ether oxygens (including phenoxy) is 1. The lowest BCUT2D eigenvalue weighted by atomic mass is 9.98. The molecular formula is C21H23ClN4O3. The molecule has 0 radical (unpaired) electrons. The maximum atomic E-state index is 12.6. The molecule has 7 nitrogen and oxygen atoms in total. The quantitative estimate of drug-likeness (QED) is 0.650. The zero-order valence-electron chi connectivity index (χ0n) is 16.1. The van der Waals surface area contributed by atoms with Crippen molar-refractivity contribution in [2.75, 3.05) is 12.4 Å². The second kappa shape index (κ2) is 8.63. The smallest absolute Gasteiger partial charge is 0.260 e. The number of aromatic nitrogens is 2. The predicted octanol–water partition coefficient (Wildman–Crippen LogP) is 4.15. The Morgan fingerprint density at radius 2 is 1.83 bits per heavy atom. The van der Waals surface area contributed by atoms with E-state index in [9.17, 15) is 4.79 Å². The lowest BCUT2D eigenvalue weighted by Gasteiger charge is -2.17. The molecule has 4 rings (SSSR count). The van der Waals surface area contributed by atoms with E-state index in [1.54, 1.807) is 37.4 Å². The molecule has 0 spiro atoms. The van der Waals surface area contributed by atoms with Crippen LogP contribution >= 0.6 is 12.4 Å². The Morgan fingerprint density at radius 3 is 2.52 bits per heavy atom. The van der Waals surface area contributed by atoms with Gasteiger partial charge in [0.15, 0.2) is 5.82 Å². The van der Waals surface area contributed by atoms with Crippen molar-refractivity contribution < 1.29 is 14.1 Å². The van der Waals surface area contributed by atoms with Gasteiger partial charge in [-0.15, -0.1) is 12.4 Å². The minimum Gasteiger partial charge on any atom is -0.497 e. The Kier molecular flexibility index (Phi) is 6.20. The van der Waals surface area contributed by atoms with Crippen molar-refractivity contribution in [1.82, 2.24) is 10.1 Å². The number of hydrogen-bond acceptors (Lipinski definition) is 6. The summed E-state index contributed by atoms with van der Waals surface area (Å²) in [7, 11) is 1.58. The molecule has 2 aromatic carbocycles. The van der Waals surface area contributed by atoms with Crippen LogP contribution in [-0.4, -0.2) is 23.2 Å². The van der Waals surface area contributed by atoms with Crippen LogP contribution in [0.25, 0.3) is 11.5 Å². The van der Waals surface area contributed by atoms with E-state index in [2.05, 4.69) is 15.5 Å². The SMILES string of the molecule is COc1ccc(C(=O)Nc2ccccc2-c2nc(C3(N)CCCC3)no2)cc1.Cl. The van der Waals surface area contributed by atoms with Crippen LogP contribution in [0.1, 0.15) is 41.9 Å². The summed E-state index contributed by atoms with van der Waals surface area (Å²) in [5, 5.41) is 7.02. The number of rotatable bonds is 5. The molecule has 1 heterocycles. The highest BCUT2D eigenvalue weighted by Crippen LogP contribution is 2.36. The van der Waals surface area contributed by atoms with Crippen molar-refractivity contribution in [3.63, 3.8) is 0 Å². The van der Waals surface area contributed by atoms with Crippen molar-refractivity contribution in [3.8, 4) is 17.2 Å². The fourth-order valence-corrected chi connectivity index (χ4v) is 3.48. The van der Waals surface area contributed by atoms with Crippen LogP contribution in [0.5, 0.6) is 5.75 Å². The molecule has 8 heteroatoms. The molecule has 1 amide bonds. The molecule has 0 aliphatic heterocycles. The molecule has 0 bridgehead atoms. The summed E-state index contributed by atoms with van der Waals surface area (Å²) in [6, 6.07) is 14.2. The van der Waals surface area contributed by atoms with Crippen molar-refractivity contribution in [1.29, 1.82) is 0 Å². The normalized spacial score (nSPS) is 14.8. The third-order valence-corrected chi connectivity index (χ3v) is 5.13. The Balaban J connectivity index is 0.00000240. The molecule has 1 saturated carbocycles. The summed E-state index contributed by atoms with van der Waals surface area (Å²) in [5.41, 5.74) is 7.67. The van der Waals surface area contributed by atoms with Gasteiger partial charge in [-0.3, -0.25) is 4.79 Å². The number of benzene rings is 2. The second-order valence-corrected chi connectivity index (χ2v) is 7.01. The van der Waals surface area contributed by atoms with Crippen molar-refractivity contribution in [2.45, 2.75) is 31.2 Å². The molecule has 29 heavy (non-hydrogen) atoms. The first-order chi connectivity index (χ1) is 13.6. The number of halogens is 1. The molecule has 1 aliphatic carbocycles. The van der Waals surface area contributed by atoms with Gasteiger partial charge in [-0.1, -0.05) is 30.1 Å². The number of nitrogens with one attached hydrogen (secondary N) is 1. The van der Waals surface area contributed by atoms with E-state index in [0.717, 1.165) is 25.7 Å². The Labute approximate surface area is 175 Å². The van der Waals surface area contributed by atoms with Gasteiger partial charge in [-0.2, -0.15) is 4.98 Å². The van der Waals surface area contributed by atoms with Gasteiger partial charge in [-0.05, 0) is 49.2 Å². The monoisotopic (exact) mass is 414 g/mol. The molecule has 1 fully saturated rings. The number of anilines is 1. The largest absolute Gasteiger partial charge is 0.497 e. The first-order valence-electron chi connectivity index (χ1n) is 9.27. The van der Waals surface area contributed by atoms with Gasteiger partial charge in [0.2, 0.25) is 0 Å². The van der Waals surface area contributed by atoms with Gasteiger partial charge >= 0.3 is 0 Å². The summed E-state index contributed by atoms with van der Waals surface area (Å²) in [6.07, 6.45) is 3.83. The van der Waals surface area contributed by atoms with E-state index >= 15 is 0 Å². The molecule has 0 unspecified atom stereocenters. The molecule has 0 atom stereocenters. The highest BCUT2D eigenvalue weighted by molar-refractivity contribution is 6.06. The van der Waals surface area contributed by atoms with Crippen LogP contribution in [0.4, 0.5) is 5.69 Å². The van der Waals surface area contributed by atoms with E-state index in [-0.39, 0.29) is 18.3 Å². The van der Waals surface area contributed by atoms with Crippen LogP contribution in [0.2, 0.25) is 0 Å². The molecular weight excluding hydrogens is 392 g/mol. The average molecular weight is 415 g/mol. The standard InChI is InChI=1S/C21H22N4O3.ClH/c1-27-15-10-8-14(9-11-15)18(26)23-17-7-3-2-6-16(17)19-24-20(25-28-19)21(22)12-4-5-13-21;/h2-3,6-11H,4-5,12-13,22H2,1H3,(H,23,26);1H. The summed E-state index contributed by atoms with van der Waals surface area (Å²) in [6.45, 7) is 0. The van der Waals surface area contributed by atoms with Crippen LogP contribution in [0, 0.1) is 0 Å². The minimum absolute atomic E-state index is 0. The number of carbonyl (C=O) groups excluding carboxylic acids is 1. The number of methoxy groups -OCH3 is 1. The molecule has 3 N–H and O–H groups in total. The summed E-state index contributed by atoms with van der Waals surface area (Å²) in [5.74, 6) is 1.33. The molecule has 0 saturated heterocycles. The summed E-state index contributed by atoms with van der Waals surface area (Å²) >= 11 is 0. The first kappa shape index (κ1) is 20.8. The number of nitrogens with zero attached hydrogens (tertiary/aromatic N) is 2. The lowest BCUT2D eigenvalue weighted by Crippen LogP contribution is -2.34. The van der Waals surface area contributed by atoms with Gasteiger partial charge in [0.25, 0.3) is 11.8 Å². The lowest BCUT2D eigenvalue weighted by molar-refractivity contribution is 0.102. The third kappa shape index (κ3) is 4.26. The Bertz CT molecular complexity index is 982. The maximum absolute atomic E-state index is 12.6. The number of amides is 1. The van der Waals surface area contributed by atoms with Crippen LogP contribution in [-0.2, 0) is 5.54 Å². The van der Waals surface area contributed by atoms with Crippen molar-refractivity contribution >= 4 is 24.0 Å². The Hall–Kier alpha value is -2.90. The molecule has 1 aliphatic rings. The number of nitrogens with two attached hydrogens (primary N) is 1. The van der Waals surface area contributed by atoms with Gasteiger partial charge in [0, 0.05) is 5.56 Å². The first-order valence-corrected chi connectivity index (χ1v) is 9.27. The third-order valence-electron chi connectivity index (χ3n) is 5.13. The highest BCUT2D eigenvalue weighted by atomic mass is 35.5.